The zero-order valence-electron chi connectivity index (χ0n) is 14.0. The van der Waals surface area contributed by atoms with E-state index in [1.54, 1.807) is 18.2 Å². The molecule has 0 radical (unpaired) electrons. The van der Waals surface area contributed by atoms with Crippen LogP contribution >= 0.6 is 0 Å². The van der Waals surface area contributed by atoms with Crippen LogP contribution in [-0.4, -0.2) is 37.3 Å². The number of carbonyl (C=O) groups excluding carboxylic acids is 1. The third-order valence-electron chi connectivity index (χ3n) is 4.10. The number of hydrogen-bond acceptors (Lipinski definition) is 7. The Kier molecular flexibility index (Phi) is 4.31. The largest absolute Gasteiger partial charge is 0.508 e. The summed E-state index contributed by atoms with van der Waals surface area (Å²) in [5.74, 6) is -0.389. The number of ketones is 1. The molecule has 2 aromatic rings. The molecule has 0 fully saturated rings. The lowest BCUT2D eigenvalue weighted by atomic mass is 9.94. The number of Topliss-reactive ketones (excluding diaryl/α,β-unsaturated/α-hetero) is 1. The van der Waals surface area contributed by atoms with Gasteiger partial charge in [-0.05, 0) is 6.07 Å². The molecule has 0 saturated heterocycles. The zero-order chi connectivity index (χ0) is 18.1. The summed E-state index contributed by atoms with van der Waals surface area (Å²) in [7, 11) is 4.13. The summed E-state index contributed by atoms with van der Waals surface area (Å²) >= 11 is 0. The van der Waals surface area contributed by atoms with Crippen LogP contribution in [0.1, 0.15) is 28.4 Å². The molecule has 0 spiro atoms. The SMILES string of the molecule is COc1c(O)c2c(c(OC)c1OC)OC(c1ccccc1O)CC2=O. The maximum Gasteiger partial charge on any atom is 0.211 e. The summed E-state index contributed by atoms with van der Waals surface area (Å²) in [5, 5.41) is 20.5. The van der Waals surface area contributed by atoms with E-state index in [1.165, 1.54) is 27.4 Å². The average molecular weight is 346 g/mol. The van der Waals surface area contributed by atoms with Gasteiger partial charge in [0.2, 0.25) is 17.2 Å². The predicted octanol–water partition coefficient (Wildman–Crippen LogP) is 2.83. The maximum atomic E-state index is 12.7. The quantitative estimate of drug-likeness (QED) is 0.879. The minimum absolute atomic E-state index is 0.00365. The van der Waals surface area contributed by atoms with Crippen LogP contribution in [0.3, 0.4) is 0 Å². The van der Waals surface area contributed by atoms with Crippen LogP contribution in [0.25, 0.3) is 0 Å². The van der Waals surface area contributed by atoms with Crippen molar-refractivity contribution in [3.63, 3.8) is 0 Å². The predicted molar refractivity (Wildman–Crippen MR) is 88.2 cm³/mol. The number of para-hydroxylation sites is 1. The molecule has 0 aliphatic carbocycles. The third-order valence-corrected chi connectivity index (χ3v) is 4.10. The summed E-state index contributed by atoms with van der Waals surface area (Å²) in [6.45, 7) is 0. The minimum Gasteiger partial charge on any atom is -0.508 e. The Balaban J connectivity index is 2.19. The second kappa shape index (κ2) is 6.43. The average Bonchev–Trinajstić information content (AvgIpc) is 2.61. The molecule has 0 aromatic heterocycles. The summed E-state index contributed by atoms with van der Waals surface area (Å²) < 4.78 is 21.7. The van der Waals surface area contributed by atoms with E-state index in [4.69, 9.17) is 18.9 Å². The van der Waals surface area contributed by atoms with Gasteiger partial charge in [0, 0.05) is 5.56 Å². The molecule has 0 amide bonds. The second-order valence-electron chi connectivity index (χ2n) is 5.45. The number of ether oxygens (including phenoxy) is 4. The molecule has 2 N–H and O–H groups in total. The van der Waals surface area contributed by atoms with Gasteiger partial charge < -0.3 is 29.2 Å². The highest BCUT2D eigenvalue weighted by molar-refractivity contribution is 6.05. The highest BCUT2D eigenvalue weighted by atomic mass is 16.6. The van der Waals surface area contributed by atoms with Crippen molar-refractivity contribution in [3.05, 3.63) is 35.4 Å². The standard InChI is InChI=1S/C18H18O7/c1-22-16-14(21)13-11(20)8-12(9-6-4-5-7-10(9)19)25-15(13)17(23-2)18(16)24-3/h4-7,12,19,21H,8H2,1-3H3. The monoisotopic (exact) mass is 346 g/mol. The van der Waals surface area contributed by atoms with Gasteiger partial charge in [0.05, 0.1) is 27.8 Å². The van der Waals surface area contributed by atoms with Crippen LogP contribution in [0.15, 0.2) is 24.3 Å². The molecule has 0 bridgehead atoms. The Morgan fingerprint density at radius 1 is 1.00 bits per heavy atom. The molecule has 7 heteroatoms. The Hall–Kier alpha value is -3.09. The first-order valence-corrected chi connectivity index (χ1v) is 7.56. The van der Waals surface area contributed by atoms with Gasteiger partial charge in [0.1, 0.15) is 17.4 Å². The van der Waals surface area contributed by atoms with Gasteiger partial charge in [0.15, 0.2) is 17.3 Å². The molecule has 1 aliphatic rings. The first-order valence-electron chi connectivity index (χ1n) is 7.56. The molecule has 2 aromatic carbocycles. The number of hydrogen-bond donors (Lipinski definition) is 2. The smallest absolute Gasteiger partial charge is 0.211 e. The Morgan fingerprint density at radius 3 is 2.24 bits per heavy atom. The molecule has 25 heavy (non-hydrogen) atoms. The summed E-state index contributed by atoms with van der Waals surface area (Å²) in [5.41, 5.74) is 0.444. The van der Waals surface area contributed by atoms with Crippen molar-refractivity contribution in [2.24, 2.45) is 0 Å². The topological polar surface area (TPSA) is 94.5 Å². The number of rotatable bonds is 4. The van der Waals surface area contributed by atoms with Gasteiger partial charge >= 0.3 is 0 Å². The van der Waals surface area contributed by atoms with Crippen molar-refractivity contribution in [1.29, 1.82) is 0 Å². The molecule has 1 atom stereocenters. The highest BCUT2D eigenvalue weighted by Gasteiger charge is 2.38. The number of phenols is 2. The number of methoxy groups -OCH3 is 3. The fourth-order valence-corrected chi connectivity index (χ4v) is 2.97. The summed E-state index contributed by atoms with van der Waals surface area (Å²) in [6, 6.07) is 6.60. The molecule has 1 aliphatic heterocycles. The van der Waals surface area contributed by atoms with Crippen LogP contribution in [-0.2, 0) is 0 Å². The maximum absolute atomic E-state index is 12.7. The first-order chi connectivity index (χ1) is 12.0. The summed E-state index contributed by atoms with van der Waals surface area (Å²) in [6.07, 6.45) is -0.760. The third kappa shape index (κ3) is 2.57. The van der Waals surface area contributed by atoms with Crippen molar-refractivity contribution in [1.82, 2.24) is 0 Å². The van der Waals surface area contributed by atoms with E-state index < -0.39 is 6.10 Å². The second-order valence-corrected chi connectivity index (χ2v) is 5.45. The lowest BCUT2D eigenvalue weighted by Gasteiger charge is -2.29. The van der Waals surface area contributed by atoms with Crippen LogP contribution in [0, 0.1) is 0 Å². The van der Waals surface area contributed by atoms with E-state index in [0.717, 1.165) is 0 Å². The van der Waals surface area contributed by atoms with Crippen molar-refractivity contribution >= 4 is 5.78 Å². The van der Waals surface area contributed by atoms with E-state index in [2.05, 4.69) is 0 Å². The van der Waals surface area contributed by atoms with E-state index in [9.17, 15) is 15.0 Å². The van der Waals surface area contributed by atoms with Crippen molar-refractivity contribution in [3.8, 4) is 34.5 Å². The number of carbonyl (C=O) groups is 1. The van der Waals surface area contributed by atoms with E-state index in [0.29, 0.717) is 5.56 Å². The number of fused-ring (bicyclic) bond motifs is 1. The van der Waals surface area contributed by atoms with E-state index in [1.807, 2.05) is 0 Å². The van der Waals surface area contributed by atoms with Gasteiger partial charge in [0.25, 0.3) is 0 Å². The van der Waals surface area contributed by atoms with Gasteiger partial charge in [-0.15, -0.1) is 0 Å². The van der Waals surface area contributed by atoms with E-state index in [-0.39, 0.29) is 52.3 Å². The normalized spacial score (nSPS) is 16.0. The number of aromatic hydroxyl groups is 2. The molecule has 0 saturated carbocycles. The fraction of sp³-hybridized carbons (Fsp3) is 0.278. The minimum atomic E-state index is -0.715. The van der Waals surface area contributed by atoms with Gasteiger partial charge in [-0.25, -0.2) is 0 Å². The first kappa shape index (κ1) is 16.8. The number of phenolic OH excluding ortho intramolecular Hbond substituents is 2. The molecule has 7 nitrogen and oxygen atoms in total. The van der Waals surface area contributed by atoms with Crippen LogP contribution in [0.2, 0.25) is 0 Å². The Bertz CT molecular complexity index is 829. The lowest BCUT2D eigenvalue weighted by Crippen LogP contribution is -2.21. The highest BCUT2D eigenvalue weighted by Crippen LogP contribution is 2.56. The van der Waals surface area contributed by atoms with Crippen LogP contribution in [0.5, 0.6) is 34.5 Å². The Morgan fingerprint density at radius 2 is 1.64 bits per heavy atom. The van der Waals surface area contributed by atoms with Gasteiger partial charge in [-0.2, -0.15) is 0 Å². The molecular weight excluding hydrogens is 328 g/mol. The van der Waals surface area contributed by atoms with Crippen molar-refractivity contribution in [2.45, 2.75) is 12.5 Å². The molecule has 3 rings (SSSR count). The summed E-state index contributed by atoms with van der Waals surface area (Å²) in [4.78, 5) is 12.7. The van der Waals surface area contributed by atoms with Crippen LogP contribution < -0.4 is 18.9 Å². The molecule has 1 heterocycles. The molecule has 132 valence electrons. The van der Waals surface area contributed by atoms with Crippen molar-refractivity contribution < 1.29 is 34.0 Å². The van der Waals surface area contributed by atoms with Crippen LogP contribution in [0.4, 0.5) is 0 Å². The lowest BCUT2D eigenvalue weighted by molar-refractivity contribution is 0.0831. The van der Waals surface area contributed by atoms with Gasteiger partial charge in [-0.3, -0.25) is 4.79 Å². The van der Waals surface area contributed by atoms with Gasteiger partial charge in [-0.1, -0.05) is 18.2 Å². The Labute approximate surface area is 144 Å². The number of benzene rings is 2. The fourth-order valence-electron chi connectivity index (χ4n) is 2.97. The zero-order valence-corrected chi connectivity index (χ0v) is 14.0. The van der Waals surface area contributed by atoms with Crippen molar-refractivity contribution in [2.75, 3.05) is 21.3 Å². The molecule has 1 unspecified atom stereocenters. The van der Waals surface area contributed by atoms with E-state index >= 15 is 0 Å². The molecular formula is C18H18O7.